The van der Waals surface area contributed by atoms with E-state index >= 15 is 0 Å². The fourth-order valence-corrected chi connectivity index (χ4v) is 7.63. The Morgan fingerprint density at radius 1 is 1.32 bits per heavy atom. The molecule has 5 rings (SSSR count). The number of esters is 1. The Bertz CT molecular complexity index is 1550. The zero-order chi connectivity index (χ0) is 26.6. The van der Waals surface area contributed by atoms with Gasteiger partial charge < -0.3 is 14.5 Å². The fraction of sp³-hybridized carbons (Fsp3) is 0.333. The molecule has 0 radical (unpaired) electrons. The van der Waals surface area contributed by atoms with Crippen molar-refractivity contribution in [3.05, 3.63) is 62.8 Å². The predicted octanol–water partition coefficient (Wildman–Crippen LogP) is 6.14. The molecule has 0 aromatic carbocycles. The number of anilines is 1. The number of carbonyl (C=O) groups excluding carboxylic acids is 2. The average molecular weight is 570 g/mol. The molecule has 0 saturated heterocycles. The first-order valence-electron chi connectivity index (χ1n) is 12.4. The van der Waals surface area contributed by atoms with E-state index in [-0.39, 0.29) is 30.4 Å². The highest BCUT2D eigenvalue weighted by Crippen LogP contribution is 2.38. The predicted molar refractivity (Wildman–Crippen MR) is 153 cm³/mol. The van der Waals surface area contributed by atoms with Gasteiger partial charge in [-0.3, -0.25) is 14.2 Å². The van der Waals surface area contributed by atoms with Gasteiger partial charge in [-0.1, -0.05) is 24.3 Å². The van der Waals surface area contributed by atoms with E-state index in [1.807, 2.05) is 5.38 Å². The van der Waals surface area contributed by atoms with Crippen molar-refractivity contribution in [3.8, 4) is 11.3 Å². The van der Waals surface area contributed by atoms with Gasteiger partial charge in [0, 0.05) is 22.4 Å². The molecule has 8 nitrogen and oxygen atoms in total. The van der Waals surface area contributed by atoms with Crippen LogP contribution in [0.2, 0.25) is 0 Å². The van der Waals surface area contributed by atoms with Crippen LogP contribution < -0.4 is 10.9 Å². The second kappa shape index (κ2) is 11.7. The van der Waals surface area contributed by atoms with Crippen molar-refractivity contribution >= 4 is 61.5 Å². The van der Waals surface area contributed by atoms with Gasteiger partial charge in [-0.25, -0.2) is 9.78 Å². The summed E-state index contributed by atoms with van der Waals surface area (Å²) in [6, 6.07) is 3.58. The number of hydrogen-bond acceptors (Lipinski definition) is 9. The molecule has 0 spiro atoms. The molecular formula is C27H27N3O5S3. The van der Waals surface area contributed by atoms with Crippen LogP contribution in [0.15, 0.2) is 50.8 Å². The Balaban J connectivity index is 1.40. The third-order valence-corrected chi connectivity index (χ3v) is 9.30. The Morgan fingerprint density at radius 3 is 2.92 bits per heavy atom. The molecule has 0 fully saturated rings. The maximum absolute atomic E-state index is 13.5. The van der Waals surface area contributed by atoms with Crippen LogP contribution in [-0.4, -0.2) is 33.8 Å². The van der Waals surface area contributed by atoms with Crippen LogP contribution >= 0.6 is 34.4 Å². The van der Waals surface area contributed by atoms with E-state index in [0.717, 1.165) is 42.5 Å². The number of nitrogens with zero attached hydrogens (tertiary/aromatic N) is 2. The number of rotatable bonds is 9. The molecule has 0 aliphatic heterocycles. The van der Waals surface area contributed by atoms with Gasteiger partial charge in [-0.05, 0) is 50.3 Å². The molecule has 4 aromatic rings. The monoisotopic (exact) mass is 569 g/mol. The van der Waals surface area contributed by atoms with Crippen LogP contribution in [0.4, 0.5) is 5.00 Å². The van der Waals surface area contributed by atoms with Gasteiger partial charge in [0.25, 0.3) is 5.56 Å². The van der Waals surface area contributed by atoms with E-state index in [9.17, 15) is 14.4 Å². The second-order valence-electron chi connectivity index (χ2n) is 8.73. The molecule has 1 aliphatic carbocycles. The van der Waals surface area contributed by atoms with Crippen molar-refractivity contribution in [1.29, 1.82) is 0 Å². The summed E-state index contributed by atoms with van der Waals surface area (Å²) < 4.78 is 12.3. The topological polar surface area (TPSA) is 103 Å². The second-order valence-corrected chi connectivity index (χ2v) is 11.6. The summed E-state index contributed by atoms with van der Waals surface area (Å²) >= 11 is 4.00. The lowest BCUT2D eigenvalue weighted by Crippen LogP contribution is -2.23. The maximum Gasteiger partial charge on any atom is 0.341 e. The normalized spacial score (nSPS) is 13.2. The number of allylic oxidation sites excluding steroid dienone is 1. The summed E-state index contributed by atoms with van der Waals surface area (Å²) in [5.74, 6) is -0.0475. The summed E-state index contributed by atoms with van der Waals surface area (Å²) in [4.78, 5) is 45.7. The number of furan rings is 1. The molecule has 0 bridgehead atoms. The Hall–Kier alpha value is -3.15. The molecule has 4 aromatic heterocycles. The van der Waals surface area contributed by atoms with Crippen molar-refractivity contribution in [2.24, 2.45) is 0 Å². The number of thiophene rings is 2. The number of amides is 1. The minimum absolute atomic E-state index is 0.0241. The van der Waals surface area contributed by atoms with Gasteiger partial charge in [-0.2, -0.15) is 0 Å². The van der Waals surface area contributed by atoms with Crippen LogP contribution in [-0.2, 0) is 28.9 Å². The first-order valence-corrected chi connectivity index (χ1v) is 15.1. The van der Waals surface area contributed by atoms with E-state index in [1.54, 1.807) is 31.4 Å². The number of carbonyl (C=O) groups is 2. The van der Waals surface area contributed by atoms with Gasteiger partial charge >= 0.3 is 5.97 Å². The van der Waals surface area contributed by atoms with Crippen molar-refractivity contribution in [1.82, 2.24) is 9.55 Å². The summed E-state index contributed by atoms with van der Waals surface area (Å²) in [5, 5.41) is 6.24. The van der Waals surface area contributed by atoms with Crippen LogP contribution in [0.1, 0.15) is 47.0 Å². The minimum atomic E-state index is -0.396. The van der Waals surface area contributed by atoms with Crippen LogP contribution in [0.25, 0.3) is 21.5 Å². The number of aryl methyl sites for hydroxylation is 1. The highest BCUT2D eigenvalue weighted by molar-refractivity contribution is 7.99. The van der Waals surface area contributed by atoms with E-state index in [1.165, 1.54) is 39.0 Å². The number of nitrogens with one attached hydrogen (secondary N) is 1. The minimum Gasteiger partial charge on any atom is -0.464 e. The molecule has 11 heteroatoms. The SMILES string of the molecule is C=CCn1c(SCC(=O)Nc2sc3c(c2C(=O)OCC)CCCCC3)nc2scc(-c3ccco3)c2c1=O. The smallest absolute Gasteiger partial charge is 0.341 e. The lowest BCUT2D eigenvalue weighted by molar-refractivity contribution is -0.113. The van der Waals surface area contributed by atoms with Gasteiger partial charge in [0.15, 0.2) is 5.16 Å². The Kier molecular flexibility index (Phi) is 8.15. The number of thioether (sulfide) groups is 1. The first kappa shape index (κ1) is 26.5. The van der Waals surface area contributed by atoms with Gasteiger partial charge in [0.2, 0.25) is 5.91 Å². The summed E-state index contributed by atoms with van der Waals surface area (Å²) in [6.07, 6.45) is 8.10. The van der Waals surface area contributed by atoms with Crippen molar-refractivity contribution in [2.75, 3.05) is 17.7 Å². The molecular weight excluding hydrogens is 543 g/mol. The fourth-order valence-electron chi connectivity index (χ4n) is 4.56. The first-order chi connectivity index (χ1) is 18.5. The molecule has 1 amide bonds. The molecule has 0 saturated carbocycles. The third-order valence-electron chi connectivity index (χ3n) is 6.24. The van der Waals surface area contributed by atoms with Crippen LogP contribution in [0, 0.1) is 0 Å². The molecule has 1 aliphatic rings. The number of aromatic nitrogens is 2. The summed E-state index contributed by atoms with van der Waals surface area (Å²) in [6.45, 7) is 6.07. The average Bonchev–Trinajstić information content (AvgIpc) is 3.61. The summed E-state index contributed by atoms with van der Waals surface area (Å²) in [7, 11) is 0. The third kappa shape index (κ3) is 5.23. The van der Waals surface area contributed by atoms with Gasteiger partial charge in [0.1, 0.15) is 15.6 Å². The van der Waals surface area contributed by atoms with E-state index in [4.69, 9.17) is 14.1 Å². The Morgan fingerprint density at radius 2 is 2.16 bits per heavy atom. The molecule has 4 heterocycles. The summed E-state index contributed by atoms with van der Waals surface area (Å²) in [5.41, 5.74) is 1.98. The molecule has 0 atom stereocenters. The standard InChI is InChI=1S/C27H27N3O5S3/c1-3-12-30-25(32)21-17(18-10-8-13-35-18)14-36-23(21)29-27(30)37-15-20(31)28-24-22(26(33)34-4-2)16-9-6-5-7-11-19(16)38-24/h3,8,10,13-14H,1,4-7,9,11-12,15H2,2H3,(H,28,31). The molecule has 198 valence electrons. The van der Waals surface area contributed by atoms with Crippen LogP contribution in [0.3, 0.4) is 0 Å². The lowest BCUT2D eigenvalue weighted by Gasteiger charge is -2.11. The zero-order valence-corrected chi connectivity index (χ0v) is 23.4. The van der Waals surface area contributed by atoms with E-state index in [2.05, 4.69) is 11.9 Å². The molecule has 0 unspecified atom stereocenters. The Labute approximate surface area is 231 Å². The molecule has 1 N–H and O–H groups in total. The van der Waals surface area contributed by atoms with Crippen molar-refractivity contribution in [3.63, 3.8) is 0 Å². The largest absolute Gasteiger partial charge is 0.464 e. The zero-order valence-electron chi connectivity index (χ0n) is 20.9. The van der Waals surface area contributed by atoms with E-state index in [0.29, 0.717) is 37.3 Å². The lowest BCUT2D eigenvalue weighted by atomic mass is 10.1. The van der Waals surface area contributed by atoms with E-state index < -0.39 is 5.97 Å². The van der Waals surface area contributed by atoms with Crippen molar-refractivity contribution < 1.29 is 18.7 Å². The highest BCUT2D eigenvalue weighted by atomic mass is 32.2. The van der Waals surface area contributed by atoms with Crippen molar-refractivity contribution in [2.45, 2.75) is 50.7 Å². The highest BCUT2D eigenvalue weighted by Gasteiger charge is 2.27. The number of hydrogen-bond donors (Lipinski definition) is 1. The number of fused-ring (bicyclic) bond motifs is 2. The van der Waals surface area contributed by atoms with Gasteiger partial charge in [-0.15, -0.1) is 29.3 Å². The quantitative estimate of drug-likeness (QED) is 0.0849. The molecule has 38 heavy (non-hydrogen) atoms. The van der Waals surface area contributed by atoms with Crippen LogP contribution in [0.5, 0.6) is 0 Å². The number of ether oxygens (including phenoxy) is 1. The van der Waals surface area contributed by atoms with Gasteiger partial charge in [0.05, 0.1) is 29.6 Å². The maximum atomic E-state index is 13.5.